The summed E-state index contributed by atoms with van der Waals surface area (Å²) in [6.45, 7) is 4.22. The number of amides is 2. The Morgan fingerprint density at radius 2 is 1.54 bits per heavy atom. The first-order chi connectivity index (χ1) is 18.7. The summed E-state index contributed by atoms with van der Waals surface area (Å²) >= 11 is 12.2. The van der Waals surface area contributed by atoms with Crippen LogP contribution in [0.3, 0.4) is 0 Å². The quantitative estimate of drug-likeness (QED) is 0.500. The topological polar surface area (TPSA) is 90.0 Å². The lowest BCUT2D eigenvalue weighted by Crippen LogP contribution is -2.55. The van der Waals surface area contributed by atoms with Crippen molar-refractivity contribution in [2.45, 2.75) is 55.5 Å². The lowest BCUT2D eigenvalue weighted by atomic mass is 10.1. The fourth-order valence-corrected chi connectivity index (χ4v) is 7.63. The Morgan fingerprint density at radius 3 is 2.23 bits per heavy atom. The van der Waals surface area contributed by atoms with Crippen LogP contribution in [-0.4, -0.2) is 86.3 Å². The number of benzene rings is 2. The molecule has 3 fully saturated rings. The molecule has 0 aliphatic carbocycles. The van der Waals surface area contributed by atoms with Crippen LogP contribution in [0.15, 0.2) is 47.4 Å². The van der Waals surface area contributed by atoms with Crippen LogP contribution in [0.4, 0.5) is 0 Å². The molecule has 3 heterocycles. The highest BCUT2D eigenvalue weighted by molar-refractivity contribution is 7.89. The Kier molecular flexibility index (Phi) is 8.83. The van der Waals surface area contributed by atoms with Crippen molar-refractivity contribution in [3.63, 3.8) is 0 Å². The molecule has 3 saturated heterocycles. The Morgan fingerprint density at radius 1 is 0.872 bits per heavy atom. The van der Waals surface area contributed by atoms with E-state index in [4.69, 9.17) is 23.2 Å². The zero-order valence-electron chi connectivity index (χ0n) is 21.8. The molecular weight excluding hydrogens is 559 g/mol. The number of hydrogen-bond donors (Lipinski definition) is 1. The second kappa shape index (κ2) is 12.1. The number of nitrogens with one attached hydrogen (secondary N) is 1. The molecule has 3 aliphatic heterocycles. The molecule has 8 nitrogen and oxygen atoms in total. The Hall–Kier alpha value is -2.17. The van der Waals surface area contributed by atoms with Crippen LogP contribution in [-0.2, 0) is 19.6 Å². The first-order valence-electron chi connectivity index (χ1n) is 13.6. The van der Waals surface area contributed by atoms with Gasteiger partial charge in [0.25, 0.3) is 0 Å². The number of likely N-dealkylation sites (tertiary alicyclic amines) is 3. The summed E-state index contributed by atoms with van der Waals surface area (Å²) in [6.07, 6.45) is 5.40. The van der Waals surface area contributed by atoms with Crippen molar-refractivity contribution in [2.24, 2.45) is 0 Å². The van der Waals surface area contributed by atoms with E-state index in [-0.39, 0.29) is 29.3 Å². The van der Waals surface area contributed by atoms with Gasteiger partial charge in [0.15, 0.2) is 0 Å². The van der Waals surface area contributed by atoms with Crippen molar-refractivity contribution < 1.29 is 18.0 Å². The average molecular weight is 594 g/mol. The molecule has 2 aromatic carbocycles. The van der Waals surface area contributed by atoms with E-state index in [1.165, 1.54) is 29.9 Å². The molecule has 11 heteroatoms. The summed E-state index contributed by atoms with van der Waals surface area (Å²) in [6, 6.07) is 10.8. The number of halogens is 2. The fourth-order valence-electron chi connectivity index (χ4n) is 5.88. The third-order valence-electron chi connectivity index (χ3n) is 7.88. The fraction of sp³-hybridized carbons (Fsp3) is 0.500. The number of nitrogens with zero attached hydrogens (tertiary/aromatic N) is 3. The maximum atomic E-state index is 13.2. The molecule has 0 radical (unpaired) electrons. The van der Waals surface area contributed by atoms with E-state index < -0.39 is 16.1 Å². The third kappa shape index (κ3) is 6.77. The molecule has 0 spiro atoms. The van der Waals surface area contributed by atoms with Gasteiger partial charge in [-0.2, -0.15) is 4.72 Å². The monoisotopic (exact) mass is 592 g/mol. The van der Waals surface area contributed by atoms with Crippen LogP contribution in [0.2, 0.25) is 10.0 Å². The highest BCUT2D eigenvalue weighted by Gasteiger charge is 2.36. The largest absolute Gasteiger partial charge is 0.337 e. The second-order valence-electron chi connectivity index (χ2n) is 10.6. The van der Waals surface area contributed by atoms with Crippen LogP contribution >= 0.6 is 23.2 Å². The first kappa shape index (κ1) is 28.4. The van der Waals surface area contributed by atoms with Crippen molar-refractivity contribution in [3.05, 3.63) is 52.5 Å². The minimum absolute atomic E-state index is 0.00947. The standard InChI is InChI=1S/C28H34Cl2N4O4S/c29-22-15-21(16-23(30)17-22)20-7-9-25(10-8-20)39(37,38)31-26-6-4-13-33(28(26)36)19-27(35)34-14-3-5-24(34)18-32-11-1-2-12-32/h7-10,15-17,24,26,31H,1-6,11-14,18-19H2. The number of carbonyl (C=O) groups excluding carboxylic acids is 2. The van der Waals surface area contributed by atoms with E-state index in [0.29, 0.717) is 36.0 Å². The molecule has 2 unspecified atom stereocenters. The molecule has 0 saturated carbocycles. The molecule has 2 atom stereocenters. The highest BCUT2D eigenvalue weighted by Crippen LogP contribution is 2.28. The average Bonchev–Trinajstić information content (AvgIpc) is 3.58. The second-order valence-corrected chi connectivity index (χ2v) is 13.2. The van der Waals surface area contributed by atoms with Gasteiger partial charge in [-0.1, -0.05) is 35.3 Å². The summed E-state index contributed by atoms with van der Waals surface area (Å²) in [5.41, 5.74) is 1.54. The van der Waals surface area contributed by atoms with Crippen molar-refractivity contribution in [1.29, 1.82) is 0 Å². The van der Waals surface area contributed by atoms with Crippen LogP contribution in [0.1, 0.15) is 38.5 Å². The lowest BCUT2D eigenvalue weighted by Gasteiger charge is -2.34. The van der Waals surface area contributed by atoms with Gasteiger partial charge in [0.05, 0.1) is 11.4 Å². The first-order valence-corrected chi connectivity index (χ1v) is 15.8. The van der Waals surface area contributed by atoms with Crippen LogP contribution in [0, 0.1) is 0 Å². The molecule has 2 aromatic rings. The number of rotatable bonds is 8. The maximum absolute atomic E-state index is 13.2. The zero-order valence-corrected chi connectivity index (χ0v) is 24.1. The summed E-state index contributed by atoms with van der Waals surface area (Å²) in [5, 5.41) is 0.975. The predicted octanol–water partition coefficient (Wildman–Crippen LogP) is 4.02. The van der Waals surface area contributed by atoms with Gasteiger partial charge in [0.1, 0.15) is 6.04 Å². The third-order valence-corrected chi connectivity index (χ3v) is 9.80. The van der Waals surface area contributed by atoms with Crippen molar-refractivity contribution >= 4 is 45.0 Å². The summed E-state index contributed by atoms with van der Waals surface area (Å²) in [7, 11) is -3.95. The van der Waals surface area contributed by atoms with Gasteiger partial charge in [-0.05, 0) is 93.1 Å². The van der Waals surface area contributed by atoms with E-state index >= 15 is 0 Å². The molecule has 5 rings (SSSR count). The van der Waals surface area contributed by atoms with Gasteiger partial charge in [-0.3, -0.25) is 9.59 Å². The molecular formula is C28H34Cl2N4O4S. The number of sulfonamides is 1. The Labute approximate surface area is 240 Å². The summed E-state index contributed by atoms with van der Waals surface area (Å²) < 4.78 is 28.9. The predicted molar refractivity (Wildman–Crippen MR) is 152 cm³/mol. The van der Waals surface area contributed by atoms with Gasteiger partial charge >= 0.3 is 0 Å². The smallest absolute Gasteiger partial charge is 0.242 e. The molecule has 0 bridgehead atoms. The van der Waals surface area contributed by atoms with Gasteiger partial charge in [-0.15, -0.1) is 0 Å². The van der Waals surface area contributed by atoms with Crippen molar-refractivity contribution in [1.82, 2.24) is 19.4 Å². The van der Waals surface area contributed by atoms with E-state index in [2.05, 4.69) is 9.62 Å². The Balaban J connectivity index is 1.21. The minimum Gasteiger partial charge on any atom is -0.337 e. The lowest BCUT2D eigenvalue weighted by molar-refractivity contribution is -0.143. The van der Waals surface area contributed by atoms with E-state index in [1.54, 1.807) is 30.3 Å². The van der Waals surface area contributed by atoms with Crippen molar-refractivity contribution in [3.8, 4) is 11.1 Å². The van der Waals surface area contributed by atoms with Gasteiger partial charge < -0.3 is 14.7 Å². The molecule has 210 valence electrons. The van der Waals surface area contributed by atoms with Crippen LogP contribution in [0.5, 0.6) is 0 Å². The van der Waals surface area contributed by atoms with Crippen LogP contribution < -0.4 is 4.72 Å². The zero-order chi connectivity index (χ0) is 27.6. The highest BCUT2D eigenvalue weighted by atomic mass is 35.5. The normalized spacial score (nSPS) is 22.6. The van der Waals surface area contributed by atoms with E-state index in [9.17, 15) is 18.0 Å². The summed E-state index contributed by atoms with van der Waals surface area (Å²) in [5.74, 6) is -0.399. The van der Waals surface area contributed by atoms with E-state index in [1.807, 2.05) is 4.90 Å². The van der Waals surface area contributed by atoms with Gasteiger partial charge in [0, 0.05) is 35.7 Å². The SMILES string of the molecule is O=C1C(NS(=O)(=O)c2ccc(-c3cc(Cl)cc(Cl)c3)cc2)CCCN1CC(=O)N1CCCC1CN1CCCC1. The molecule has 2 amide bonds. The molecule has 39 heavy (non-hydrogen) atoms. The van der Waals surface area contributed by atoms with Gasteiger partial charge in [-0.25, -0.2) is 8.42 Å². The molecule has 0 aromatic heterocycles. The molecule has 1 N–H and O–H groups in total. The van der Waals surface area contributed by atoms with E-state index in [0.717, 1.165) is 43.6 Å². The maximum Gasteiger partial charge on any atom is 0.242 e. The number of hydrogen-bond acceptors (Lipinski definition) is 5. The Bertz CT molecular complexity index is 1300. The van der Waals surface area contributed by atoms with Gasteiger partial charge in [0.2, 0.25) is 21.8 Å². The number of carbonyl (C=O) groups is 2. The van der Waals surface area contributed by atoms with Crippen LogP contribution in [0.25, 0.3) is 11.1 Å². The molecule has 3 aliphatic rings. The van der Waals surface area contributed by atoms with Crippen molar-refractivity contribution in [2.75, 3.05) is 39.3 Å². The summed E-state index contributed by atoms with van der Waals surface area (Å²) in [4.78, 5) is 32.4. The number of piperidine rings is 1. The minimum atomic E-state index is -3.95.